The topological polar surface area (TPSA) is 127 Å². The summed E-state index contributed by atoms with van der Waals surface area (Å²) in [4.78, 5) is 48.8. The second kappa shape index (κ2) is 11.6. The largest absolute Gasteiger partial charge is 0.481 e. The molecular formula is C35H54O8. The predicted molar refractivity (Wildman–Crippen MR) is 162 cm³/mol. The average Bonchev–Trinajstić information content (AvgIpc) is 3.22. The van der Waals surface area contributed by atoms with Gasteiger partial charge in [-0.15, -0.1) is 0 Å². The van der Waals surface area contributed by atoms with E-state index in [1.165, 1.54) is 18.3 Å². The SMILES string of the molecule is COC(=O)CC(=O)OC1CCC2(C)C3=C(CCC2C1(C)C)C1(C)CCC(C(C)CC(=O)C(C)C(C)C(=O)O)C1(C)C(O)C3. The highest BCUT2D eigenvalue weighted by molar-refractivity contribution is 5.91. The van der Waals surface area contributed by atoms with Gasteiger partial charge in [-0.1, -0.05) is 66.5 Å². The molecule has 0 heterocycles. The van der Waals surface area contributed by atoms with Gasteiger partial charge < -0.3 is 19.7 Å². The van der Waals surface area contributed by atoms with Crippen molar-refractivity contribution in [3.8, 4) is 0 Å². The normalized spacial score (nSPS) is 38.6. The summed E-state index contributed by atoms with van der Waals surface area (Å²) in [5, 5.41) is 21.5. The molecule has 2 fully saturated rings. The first kappa shape index (κ1) is 33.7. The molecule has 0 aromatic carbocycles. The monoisotopic (exact) mass is 602 g/mol. The van der Waals surface area contributed by atoms with Crippen LogP contribution in [0.15, 0.2) is 11.1 Å². The lowest BCUT2D eigenvalue weighted by molar-refractivity contribution is -0.173. The van der Waals surface area contributed by atoms with Crippen molar-refractivity contribution in [1.29, 1.82) is 0 Å². The van der Waals surface area contributed by atoms with Gasteiger partial charge in [-0.05, 0) is 73.5 Å². The van der Waals surface area contributed by atoms with Gasteiger partial charge in [-0.25, -0.2) is 0 Å². The van der Waals surface area contributed by atoms with E-state index in [9.17, 15) is 29.4 Å². The Bertz CT molecular complexity index is 1190. The van der Waals surface area contributed by atoms with Crippen LogP contribution in [0.2, 0.25) is 0 Å². The van der Waals surface area contributed by atoms with Crippen LogP contribution in [0.3, 0.4) is 0 Å². The minimum atomic E-state index is -0.947. The molecule has 8 nitrogen and oxygen atoms in total. The fraction of sp³-hybridized carbons (Fsp3) is 0.829. The molecule has 4 aliphatic rings. The molecule has 2 N–H and O–H groups in total. The van der Waals surface area contributed by atoms with Gasteiger partial charge in [-0.2, -0.15) is 0 Å². The number of carboxylic acids is 1. The van der Waals surface area contributed by atoms with Crippen LogP contribution in [0.4, 0.5) is 0 Å². The van der Waals surface area contributed by atoms with Gasteiger partial charge in [0.25, 0.3) is 0 Å². The second-order valence-electron chi connectivity index (χ2n) is 15.6. The first-order chi connectivity index (χ1) is 19.9. The number of ether oxygens (including phenoxy) is 2. The first-order valence-corrected chi connectivity index (χ1v) is 16.3. The number of hydrogen-bond donors (Lipinski definition) is 2. The highest BCUT2D eigenvalue weighted by atomic mass is 16.6. The first-order valence-electron chi connectivity index (χ1n) is 16.3. The van der Waals surface area contributed by atoms with Gasteiger partial charge in [0.05, 0.1) is 19.1 Å². The second-order valence-corrected chi connectivity index (χ2v) is 15.6. The van der Waals surface area contributed by atoms with E-state index in [0.717, 1.165) is 32.1 Å². The number of aliphatic hydroxyl groups is 1. The molecule has 0 aliphatic heterocycles. The molecule has 43 heavy (non-hydrogen) atoms. The van der Waals surface area contributed by atoms with Crippen LogP contribution < -0.4 is 0 Å². The van der Waals surface area contributed by atoms with Crippen molar-refractivity contribution >= 4 is 23.7 Å². The van der Waals surface area contributed by atoms with Crippen molar-refractivity contribution in [2.24, 2.45) is 51.2 Å². The van der Waals surface area contributed by atoms with Crippen LogP contribution in [-0.2, 0) is 28.7 Å². The van der Waals surface area contributed by atoms with Crippen molar-refractivity contribution < 1.29 is 38.9 Å². The summed E-state index contributed by atoms with van der Waals surface area (Å²) in [6.45, 7) is 16.7. The number of ketones is 1. The van der Waals surface area contributed by atoms with E-state index in [1.54, 1.807) is 13.8 Å². The summed E-state index contributed by atoms with van der Waals surface area (Å²) >= 11 is 0. The number of allylic oxidation sites excluding steroid dienone is 1. The molecule has 4 rings (SSSR count). The lowest BCUT2D eigenvalue weighted by Gasteiger charge is -2.63. The third kappa shape index (κ3) is 5.27. The molecular weight excluding hydrogens is 548 g/mol. The number of carbonyl (C=O) groups excluding carboxylic acids is 3. The van der Waals surface area contributed by atoms with Gasteiger partial charge in [0.15, 0.2) is 0 Å². The Labute approximate surface area is 257 Å². The maximum atomic E-state index is 13.1. The smallest absolute Gasteiger partial charge is 0.317 e. The van der Waals surface area contributed by atoms with Gasteiger partial charge in [0, 0.05) is 23.2 Å². The molecule has 0 saturated heterocycles. The quantitative estimate of drug-likeness (QED) is 0.183. The van der Waals surface area contributed by atoms with Crippen molar-refractivity contribution in [1.82, 2.24) is 0 Å². The summed E-state index contributed by atoms with van der Waals surface area (Å²) in [5.74, 6) is -2.90. The summed E-state index contributed by atoms with van der Waals surface area (Å²) in [6.07, 6.45) is 5.07. The molecule has 4 aliphatic carbocycles. The van der Waals surface area contributed by atoms with Gasteiger partial charge in [-0.3, -0.25) is 19.2 Å². The molecule has 0 spiro atoms. The molecule has 8 heteroatoms. The zero-order valence-electron chi connectivity index (χ0n) is 27.7. The highest BCUT2D eigenvalue weighted by Crippen LogP contribution is 2.72. The van der Waals surface area contributed by atoms with Crippen LogP contribution in [0.5, 0.6) is 0 Å². The summed E-state index contributed by atoms with van der Waals surface area (Å²) in [7, 11) is 1.26. The lowest BCUT2D eigenvalue weighted by Crippen LogP contribution is -2.58. The summed E-state index contributed by atoms with van der Waals surface area (Å²) in [6, 6.07) is 0. The Hall–Kier alpha value is -2.22. The minimum absolute atomic E-state index is 0.0101. The Morgan fingerprint density at radius 3 is 2.16 bits per heavy atom. The van der Waals surface area contributed by atoms with E-state index >= 15 is 0 Å². The Morgan fingerprint density at radius 1 is 0.907 bits per heavy atom. The number of carboxylic acid groups (broad SMARTS) is 1. The average molecular weight is 603 g/mol. The molecule has 0 aromatic heterocycles. The van der Waals surface area contributed by atoms with Crippen LogP contribution in [-0.4, -0.2) is 53.2 Å². The molecule has 0 amide bonds. The van der Waals surface area contributed by atoms with Crippen molar-refractivity contribution in [2.45, 2.75) is 125 Å². The van der Waals surface area contributed by atoms with Gasteiger partial charge in [0.1, 0.15) is 18.3 Å². The maximum Gasteiger partial charge on any atom is 0.317 e. The predicted octanol–water partition coefficient (Wildman–Crippen LogP) is 6.13. The van der Waals surface area contributed by atoms with Crippen LogP contribution in [0, 0.1) is 51.2 Å². The number of aliphatic hydroxyl groups excluding tert-OH is 1. The number of rotatable bonds is 9. The molecule has 0 bridgehead atoms. The van der Waals surface area contributed by atoms with Gasteiger partial charge >= 0.3 is 17.9 Å². The molecule has 2 saturated carbocycles. The third-order valence-electron chi connectivity index (χ3n) is 13.5. The van der Waals surface area contributed by atoms with E-state index in [-0.39, 0.29) is 57.7 Å². The number of Topliss-reactive ketones (excluding diaryl/α,β-unsaturated/α-hetero) is 1. The Kier molecular flexibility index (Phi) is 9.09. The molecule has 10 unspecified atom stereocenters. The van der Waals surface area contributed by atoms with Crippen molar-refractivity contribution in [2.75, 3.05) is 7.11 Å². The zero-order chi connectivity index (χ0) is 32.3. The fourth-order valence-electron chi connectivity index (χ4n) is 10.4. The highest BCUT2D eigenvalue weighted by Gasteiger charge is 2.66. The van der Waals surface area contributed by atoms with E-state index in [4.69, 9.17) is 4.74 Å². The standard InChI is InChI=1S/C35H54O8/c1-19(16-25(36)20(2)21(3)31(40)41)22-12-15-34(7)23-10-11-26-32(4,5)28(43-30(39)18-29(38)42-9)13-14-33(26,6)24(23)17-27(37)35(22,34)8/h19-22,26-28,37H,10-18H2,1-9H3,(H,40,41). The number of esters is 2. The third-order valence-corrected chi connectivity index (χ3v) is 13.5. The molecule has 10 atom stereocenters. The van der Waals surface area contributed by atoms with E-state index in [0.29, 0.717) is 19.3 Å². The number of aliphatic carboxylic acids is 1. The van der Waals surface area contributed by atoms with Crippen LogP contribution in [0.25, 0.3) is 0 Å². The zero-order valence-corrected chi connectivity index (χ0v) is 27.7. The Morgan fingerprint density at radius 2 is 1.56 bits per heavy atom. The van der Waals surface area contributed by atoms with Crippen molar-refractivity contribution in [3.05, 3.63) is 11.1 Å². The Balaban J connectivity index is 1.59. The van der Waals surface area contributed by atoms with Crippen molar-refractivity contribution in [3.63, 3.8) is 0 Å². The number of methoxy groups -OCH3 is 1. The van der Waals surface area contributed by atoms with Gasteiger partial charge in [0.2, 0.25) is 0 Å². The molecule has 0 radical (unpaired) electrons. The number of fused-ring (bicyclic) bond motifs is 4. The number of hydrogen-bond acceptors (Lipinski definition) is 7. The van der Waals surface area contributed by atoms with E-state index in [1.807, 2.05) is 0 Å². The summed E-state index contributed by atoms with van der Waals surface area (Å²) in [5.41, 5.74) is 1.87. The number of carbonyl (C=O) groups is 4. The molecule has 242 valence electrons. The van der Waals surface area contributed by atoms with Crippen LogP contribution in [0.1, 0.15) is 113 Å². The minimum Gasteiger partial charge on any atom is -0.481 e. The lowest BCUT2D eigenvalue weighted by atomic mass is 9.42. The van der Waals surface area contributed by atoms with Crippen LogP contribution >= 0.6 is 0 Å². The van der Waals surface area contributed by atoms with E-state index < -0.39 is 35.8 Å². The fourth-order valence-corrected chi connectivity index (χ4v) is 10.4. The summed E-state index contributed by atoms with van der Waals surface area (Å²) < 4.78 is 10.5. The maximum absolute atomic E-state index is 13.1. The van der Waals surface area contributed by atoms with E-state index in [2.05, 4.69) is 46.3 Å². The molecule has 0 aromatic rings.